The maximum atomic E-state index is 12.1. The molecule has 164 valence electrons. The number of nitrogens with one attached hydrogen (secondary N) is 2. The van der Waals surface area contributed by atoms with Crippen molar-refractivity contribution in [3.05, 3.63) is 64.4 Å². The maximum absolute atomic E-state index is 12.1. The molecule has 1 heterocycles. The number of hydrogen-bond acceptors (Lipinski definition) is 8. The highest BCUT2D eigenvalue weighted by Crippen LogP contribution is 2.24. The van der Waals surface area contributed by atoms with E-state index in [9.17, 15) is 16.8 Å². The molecule has 2 aromatic carbocycles. The van der Waals surface area contributed by atoms with Crippen molar-refractivity contribution in [3.8, 4) is 0 Å². The first-order valence-corrected chi connectivity index (χ1v) is 13.1. The Hall–Kier alpha value is -2.54. The van der Waals surface area contributed by atoms with Crippen molar-refractivity contribution < 1.29 is 16.8 Å². The van der Waals surface area contributed by atoms with Gasteiger partial charge < -0.3 is 10.6 Å². The van der Waals surface area contributed by atoms with Gasteiger partial charge in [0, 0.05) is 29.0 Å². The Balaban J connectivity index is 1.85. The molecule has 3 aromatic rings. The summed E-state index contributed by atoms with van der Waals surface area (Å²) in [6.45, 7) is 1.98. The van der Waals surface area contributed by atoms with Crippen LogP contribution in [0.5, 0.6) is 0 Å². The van der Waals surface area contributed by atoms with Crippen LogP contribution in [0.25, 0.3) is 0 Å². The summed E-state index contributed by atoms with van der Waals surface area (Å²) >= 11 is 3.45. The lowest BCUT2D eigenvalue weighted by Gasteiger charge is -2.12. The summed E-state index contributed by atoms with van der Waals surface area (Å²) in [6.07, 6.45) is 2.41. The fourth-order valence-electron chi connectivity index (χ4n) is 2.90. The van der Waals surface area contributed by atoms with Crippen LogP contribution in [0.1, 0.15) is 11.1 Å². The van der Waals surface area contributed by atoms with Gasteiger partial charge in [0.2, 0.25) is 10.0 Å². The molecule has 0 radical (unpaired) electrons. The molecule has 0 amide bonds. The van der Waals surface area contributed by atoms with E-state index in [1.807, 2.05) is 25.1 Å². The monoisotopic (exact) mass is 525 g/mol. The van der Waals surface area contributed by atoms with Crippen LogP contribution in [0, 0.1) is 6.92 Å². The van der Waals surface area contributed by atoms with Crippen molar-refractivity contribution in [1.82, 2.24) is 9.97 Å². The lowest BCUT2D eigenvalue weighted by atomic mass is 10.2. The highest BCUT2D eigenvalue weighted by molar-refractivity contribution is 9.10. The Morgan fingerprint density at radius 3 is 2.35 bits per heavy atom. The molecule has 0 unspecified atom stereocenters. The van der Waals surface area contributed by atoms with Gasteiger partial charge in [-0.15, -0.1) is 0 Å². The number of hydrogen-bond donors (Lipinski definition) is 3. The minimum atomic E-state index is -3.98. The van der Waals surface area contributed by atoms with E-state index in [1.54, 1.807) is 6.07 Å². The molecule has 9 nitrogen and oxygen atoms in total. The summed E-state index contributed by atoms with van der Waals surface area (Å²) in [5.74, 6) is 0.946. The van der Waals surface area contributed by atoms with Crippen molar-refractivity contribution in [1.29, 1.82) is 0 Å². The molecule has 0 saturated heterocycles. The van der Waals surface area contributed by atoms with E-state index in [1.165, 1.54) is 24.5 Å². The van der Waals surface area contributed by atoms with E-state index in [0.717, 1.165) is 22.0 Å². The first kappa shape index (κ1) is 23.1. The number of benzene rings is 2. The van der Waals surface area contributed by atoms with Gasteiger partial charge in [-0.1, -0.05) is 15.9 Å². The predicted molar refractivity (Wildman–Crippen MR) is 122 cm³/mol. The largest absolute Gasteiger partial charge is 0.366 e. The summed E-state index contributed by atoms with van der Waals surface area (Å²) in [5, 5.41) is 11.4. The van der Waals surface area contributed by atoms with E-state index >= 15 is 0 Å². The van der Waals surface area contributed by atoms with E-state index < -0.39 is 19.9 Å². The first-order valence-electron chi connectivity index (χ1n) is 8.88. The molecule has 3 rings (SSSR count). The molecule has 0 spiro atoms. The molecule has 31 heavy (non-hydrogen) atoms. The molecule has 0 saturated carbocycles. The topological polar surface area (TPSA) is 144 Å². The zero-order valence-electron chi connectivity index (χ0n) is 16.6. The molecule has 4 N–H and O–H groups in total. The number of nitrogens with two attached hydrogens (primary N) is 1. The highest BCUT2D eigenvalue weighted by atomic mass is 79.9. The number of halogens is 1. The van der Waals surface area contributed by atoms with Crippen LogP contribution in [0.15, 0.2) is 63.1 Å². The average Bonchev–Trinajstić information content (AvgIpc) is 2.64. The van der Waals surface area contributed by atoms with Gasteiger partial charge >= 0.3 is 0 Å². The van der Waals surface area contributed by atoms with E-state index in [0.29, 0.717) is 11.6 Å². The minimum absolute atomic E-state index is 0.00409. The second-order valence-corrected chi connectivity index (χ2v) is 11.3. The molecule has 0 atom stereocenters. The molecule has 0 aliphatic heterocycles. The Morgan fingerprint density at radius 1 is 1.00 bits per heavy atom. The molecule has 1 aromatic heterocycles. The fraction of sp³-hybridized carbons (Fsp3) is 0.158. The summed E-state index contributed by atoms with van der Waals surface area (Å²) in [6, 6.07) is 11.1. The number of sulfone groups is 1. The fourth-order valence-corrected chi connectivity index (χ4v) is 4.99. The van der Waals surface area contributed by atoms with Crippen LogP contribution in [0.2, 0.25) is 0 Å². The molecule has 0 fully saturated rings. The Labute approximate surface area is 189 Å². The number of rotatable bonds is 7. The number of anilines is 3. The van der Waals surface area contributed by atoms with E-state index in [2.05, 4.69) is 36.5 Å². The van der Waals surface area contributed by atoms with Crippen LogP contribution < -0.4 is 15.8 Å². The molecule has 0 aliphatic carbocycles. The highest BCUT2D eigenvalue weighted by Gasteiger charge is 2.17. The van der Waals surface area contributed by atoms with Gasteiger partial charge in [0.25, 0.3) is 0 Å². The second kappa shape index (κ2) is 8.91. The molecule has 0 bridgehead atoms. The lowest BCUT2D eigenvalue weighted by Crippen LogP contribution is -2.15. The summed E-state index contributed by atoms with van der Waals surface area (Å²) in [5.41, 5.74) is 2.15. The number of nitrogens with zero attached hydrogens (tertiary/aromatic N) is 2. The zero-order chi connectivity index (χ0) is 22.8. The predicted octanol–water partition coefficient (Wildman–Crippen LogP) is 2.95. The van der Waals surface area contributed by atoms with Crippen molar-refractivity contribution in [3.63, 3.8) is 0 Å². The van der Waals surface area contributed by atoms with Gasteiger partial charge in [-0.3, -0.25) is 0 Å². The van der Waals surface area contributed by atoms with Crippen LogP contribution in [-0.2, 0) is 26.4 Å². The summed E-state index contributed by atoms with van der Waals surface area (Å²) in [7, 11) is -7.56. The minimum Gasteiger partial charge on any atom is -0.366 e. The van der Waals surface area contributed by atoms with Crippen LogP contribution in [-0.4, -0.2) is 33.1 Å². The van der Waals surface area contributed by atoms with Crippen molar-refractivity contribution in [2.45, 2.75) is 23.3 Å². The van der Waals surface area contributed by atoms with Crippen LogP contribution >= 0.6 is 15.9 Å². The SMILES string of the molecule is Cc1cc(Br)cc(Nc2cc(NCc3cc(S(N)(=O)=O)ccc3S(C)(=O)=O)ncn2)c1. The average molecular weight is 526 g/mol. The standard InChI is InChI=1S/C19H20BrN5O4S2/c1-12-5-14(20)8-15(6-12)25-19-9-18(23-11-24-19)22-10-13-7-16(31(21,28)29)3-4-17(13)30(2,26)27/h3-9,11H,10H2,1-2H3,(H2,21,28,29)(H2,22,23,24,25). The molecular weight excluding hydrogens is 506 g/mol. The van der Waals surface area contributed by atoms with Crippen molar-refractivity contribution >= 4 is 53.1 Å². The van der Waals surface area contributed by atoms with E-state index in [4.69, 9.17) is 5.14 Å². The van der Waals surface area contributed by atoms with Gasteiger partial charge in [-0.25, -0.2) is 31.9 Å². The molecule has 0 aliphatic rings. The third-order valence-corrected chi connectivity index (χ3v) is 6.77. The second-order valence-electron chi connectivity index (χ2n) is 6.87. The Morgan fingerprint density at radius 2 is 1.71 bits per heavy atom. The summed E-state index contributed by atoms with van der Waals surface area (Å²) < 4.78 is 48.4. The number of primary sulfonamides is 1. The van der Waals surface area contributed by atoms with Gasteiger partial charge in [-0.2, -0.15) is 0 Å². The van der Waals surface area contributed by atoms with Crippen molar-refractivity contribution in [2.75, 3.05) is 16.9 Å². The lowest BCUT2D eigenvalue weighted by molar-refractivity contribution is 0.594. The molecular formula is C19H20BrN5O4S2. The Kier molecular flexibility index (Phi) is 6.65. The summed E-state index contributed by atoms with van der Waals surface area (Å²) in [4.78, 5) is 8.14. The number of sulfonamides is 1. The zero-order valence-corrected chi connectivity index (χ0v) is 19.8. The van der Waals surface area contributed by atoms with Crippen LogP contribution in [0.3, 0.4) is 0 Å². The van der Waals surface area contributed by atoms with Gasteiger partial charge in [0.1, 0.15) is 18.0 Å². The molecule has 12 heteroatoms. The normalized spacial score (nSPS) is 11.9. The van der Waals surface area contributed by atoms with Gasteiger partial charge in [-0.05, 0) is 54.4 Å². The van der Waals surface area contributed by atoms with Crippen molar-refractivity contribution in [2.24, 2.45) is 5.14 Å². The first-order chi connectivity index (χ1) is 14.4. The van der Waals surface area contributed by atoms with Gasteiger partial charge in [0.05, 0.1) is 9.79 Å². The number of aromatic nitrogens is 2. The van der Waals surface area contributed by atoms with Gasteiger partial charge in [0.15, 0.2) is 9.84 Å². The van der Waals surface area contributed by atoms with E-state index in [-0.39, 0.29) is 21.9 Å². The van der Waals surface area contributed by atoms with Crippen LogP contribution in [0.4, 0.5) is 17.3 Å². The Bertz CT molecular complexity index is 1320. The number of aryl methyl sites for hydroxylation is 1. The smallest absolute Gasteiger partial charge is 0.238 e. The maximum Gasteiger partial charge on any atom is 0.238 e. The third kappa shape index (κ3) is 6.23. The quantitative estimate of drug-likeness (QED) is 0.426. The third-order valence-electron chi connectivity index (χ3n) is 4.20.